The van der Waals surface area contributed by atoms with Gasteiger partial charge in [-0.1, -0.05) is 18.2 Å². The lowest BCUT2D eigenvalue weighted by molar-refractivity contribution is -0.384. The van der Waals surface area contributed by atoms with Gasteiger partial charge in [0, 0.05) is 46.9 Å². The zero-order valence-electron chi connectivity index (χ0n) is 17.5. The van der Waals surface area contributed by atoms with Crippen LogP contribution in [0.25, 0.3) is 10.9 Å². The molecule has 166 valence electrons. The van der Waals surface area contributed by atoms with E-state index in [0.717, 1.165) is 0 Å². The molecule has 33 heavy (non-hydrogen) atoms. The number of nitro groups is 1. The fourth-order valence-corrected chi connectivity index (χ4v) is 3.56. The van der Waals surface area contributed by atoms with Crippen molar-refractivity contribution in [3.63, 3.8) is 0 Å². The van der Waals surface area contributed by atoms with Crippen LogP contribution >= 0.6 is 0 Å². The third-order valence-electron chi connectivity index (χ3n) is 5.08. The number of nitrogens with zero attached hydrogens (tertiary/aromatic N) is 2. The Morgan fingerprint density at radius 2 is 1.64 bits per heavy atom. The van der Waals surface area contributed by atoms with Gasteiger partial charge >= 0.3 is 0 Å². The van der Waals surface area contributed by atoms with E-state index in [4.69, 9.17) is 0 Å². The van der Waals surface area contributed by atoms with Crippen LogP contribution in [0.1, 0.15) is 23.0 Å². The Morgan fingerprint density at radius 3 is 2.27 bits per heavy atom. The fourth-order valence-electron chi connectivity index (χ4n) is 3.56. The van der Waals surface area contributed by atoms with Gasteiger partial charge in [0.1, 0.15) is 11.5 Å². The smallest absolute Gasteiger partial charge is 0.272 e. The summed E-state index contributed by atoms with van der Waals surface area (Å²) in [7, 11) is 0. The number of rotatable bonds is 6. The number of carbonyl (C=O) groups excluding carboxylic acids is 2. The van der Waals surface area contributed by atoms with Gasteiger partial charge in [0.2, 0.25) is 5.91 Å². The van der Waals surface area contributed by atoms with Gasteiger partial charge in [0.15, 0.2) is 0 Å². The highest BCUT2D eigenvalue weighted by molar-refractivity contribution is 6.06. The molecule has 3 aromatic carbocycles. The molecule has 9 heteroatoms. The first kappa shape index (κ1) is 21.7. The van der Waals surface area contributed by atoms with E-state index < -0.39 is 16.6 Å². The standard InChI is InChI=1S/C24H19FN4O4/c1-15(30)26-18-6-8-19(9-7-18)27-24(31)23-13-17-12-20(29(32)33)10-11-22(17)28(23)14-16-4-2-3-5-21(16)25/h2-13H,14H2,1H3,(H,26,30)(H,27,31). The Bertz CT molecular complexity index is 1380. The molecule has 0 unspecified atom stereocenters. The molecule has 0 saturated heterocycles. The highest BCUT2D eigenvalue weighted by Crippen LogP contribution is 2.27. The molecule has 2 N–H and O–H groups in total. The summed E-state index contributed by atoms with van der Waals surface area (Å²) in [6.07, 6.45) is 0. The molecule has 0 fully saturated rings. The summed E-state index contributed by atoms with van der Waals surface area (Å²) in [6.45, 7) is 1.46. The lowest BCUT2D eigenvalue weighted by atomic mass is 10.2. The topological polar surface area (TPSA) is 106 Å². The average molecular weight is 446 g/mol. The summed E-state index contributed by atoms with van der Waals surface area (Å²) < 4.78 is 15.9. The van der Waals surface area contributed by atoms with Crippen LogP contribution in [0.4, 0.5) is 21.5 Å². The lowest BCUT2D eigenvalue weighted by Crippen LogP contribution is -2.18. The van der Waals surface area contributed by atoms with Gasteiger partial charge in [-0.15, -0.1) is 0 Å². The van der Waals surface area contributed by atoms with E-state index in [9.17, 15) is 24.1 Å². The number of anilines is 2. The van der Waals surface area contributed by atoms with Gasteiger partial charge in [-0.2, -0.15) is 0 Å². The van der Waals surface area contributed by atoms with Crippen molar-refractivity contribution >= 4 is 39.8 Å². The summed E-state index contributed by atoms with van der Waals surface area (Å²) in [5, 5.41) is 17.1. The van der Waals surface area contributed by atoms with Crippen LogP contribution in [0.5, 0.6) is 0 Å². The van der Waals surface area contributed by atoms with E-state index in [2.05, 4.69) is 10.6 Å². The third kappa shape index (κ3) is 4.72. The maximum atomic E-state index is 14.3. The molecule has 0 aliphatic rings. The monoisotopic (exact) mass is 446 g/mol. The van der Waals surface area contributed by atoms with E-state index in [0.29, 0.717) is 27.8 Å². The molecule has 0 bridgehead atoms. The molecular weight excluding hydrogens is 427 g/mol. The van der Waals surface area contributed by atoms with Crippen molar-refractivity contribution in [1.82, 2.24) is 4.57 Å². The second-order valence-corrected chi connectivity index (χ2v) is 7.42. The SMILES string of the molecule is CC(=O)Nc1ccc(NC(=O)c2cc3cc([N+](=O)[O-])ccc3n2Cc2ccccc2F)cc1. The van der Waals surface area contributed by atoms with Crippen LogP contribution in [-0.4, -0.2) is 21.3 Å². The molecule has 1 heterocycles. The van der Waals surface area contributed by atoms with E-state index in [1.807, 2.05) is 0 Å². The van der Waals surface area contributed by atoms with Crippen molar-refractivity contribution in [2.24, 2.45) is 0 Å². The predicted octanol–water partition coefficient (Wildman–Crippen LogP) is 4.95. The maximum absolute atomic E-state index is 14.3. The molecule has 1 aromatic heterocycles. The number of hydrogen-bond acceptors (Lipinski definition) is 4. The first-order valence-electron chi connectivity index (χ1n) is 10.0. The minimum atomic E-state index is -0.510. The Balaban J connectivity index is 1.71. The average Bonchev–Trinajstić information content (AvgIpc) is 3.14. The first-order valence-corrected chi connectivity index (χ1v) is 10.0. The second-order valence-electron chi connectivity index (χ2n) is 7.42. The van der Waals surface area contributed by atoms with Crippen LogP contribution in [0.15, 0.2) is 72.8 Å². The van der Waals surface area contributed by atoms with E-state index >= 15 is 0 Å². The largest absolute Gasteiger partial charge is 0.332 e. The minimum absolute atomic E-state index is 0.0677. The minimum Gasteiger partial charge on any atom is -0.332 e. The Hall–Kier alpha value is -4.53. The number of carbonyl (C=O) groups is 2. The molecule has 8 nitrogen and oxygen atoms in total. The number of halogens is 1. The van der Waals surface area contributed by atoms with E-state index in [1.54, 1.807) is 59.2 Å². The normalized spacial score (nSPS) is 10.7. The second kappa shape index (κ2) is 8.91. The van der Waals surface area contributed by atoms with Gasteiger partial charge < -0.3 is 15.2 Å². The Morgan fingerprint density at radius 1 is 0.970 bits per heavy atom. The van der Waals surface area contributed by atoms with E-state index in [-0.39, 0.29) is 23.8 Å². The predicted molar refractivity (Wildman–Crippen MR) is 123 cm³/mol. The molecule has 4 rings (SSSR count). The van der Waals surface area contributed by atoms with Crippen LogP contribution in [0.2, 0.25) is 0 Å². The molecule has 0 atom stereocenters. The van der Waals surface area contributed by atoms with Crippen molar-refractivity contribution in [1.29, 1.82) is 0 Å². The quantitative estimate of drug-likeness (QED) is 0.323. The van der Waals surface area contributed by atoms with Crippen LogP contribution in [0, 0.1) is 15.9 Å². The molecule has 0 aliphatic heterocycles. The highest BCUT2D eigenvalue weighted by Gasteiger charge is 2.19. The highest BCUT2D eigenvalue weighted by atomic mass is 19.1. The molecular formula is C24H19FN4O4. The summed E-state index contributed by atoms with van der Waals surface area (Å²) >= 11 is 0. The zero-order chi connectivity index (χ0) is 23.5. The first-order chi connectivity index (χ1) is 15.8. The van der Waals surface area contributed by atoms with Gasteiger partial charge in [-0.3, -0.25) is 19.7 Å². The van der Waals surface area contributed by atoms with Crippen molar-refractivity contribution < 1.29 is 18.9 Å². The number of aromatic nitrogens is 1. The summed E-state index contributed by atoms with van der Waals surface area (Å²) in [5.74, 6) is -1.09. The van der Waals surface area contributed by atoms with Gasteiger partial charge in [0.25, 0.3) is 11.6 Å². The van der Waals surface area contributed by atoms with Crippen molar-refractivity contribution in [2.75, 3.05) is 10.6 Å². The van der Waals surface area contributed by atoms with Crippen molar-refractivity contribution in [3.8, 4) is 0 Å². The van der Waals surface area contributed by atoms with Crippen molar-refractivity contribution in [2.45, 2.75) is 13.5 Å². The number of nitrogens with one attached hydrogen (secondary N) is 2. The summed E-state index contributed by atoms with van der Waals surface area (Å²) in [6, 6.07) is 18.6. The number of fused-ring (bicyclic) bond motifs is 1. The maximum Gasteiger partial charge on any atom is 0.272 e. The molecule has 0 radical (unpaired) electrons. The van der Waals surface area contributed by atoms with Crippen LogP contribution < -0.4 is 10.6 Å². The molecule has 0 spiro atoms. The van der Waals surface area contributed by atoms with Crippen molar-refractivity contribution in [3.05, 3.63) is 100.0 Å². The number of amides is 2. The number of benzene rings is 3. The van der Waals surface area contributed by atoms with Gasteiger partial charge in [-0.25, -0.2) is 4.39 Å². The number of hydrogen-bond donors (Lipinski definition) is 2. The Kier molecular flexibility index (Phi) is 5.86. The van der Waals surface area contributed by atoms with Gasteiger partial charge in [0.05, 0.1) is 11.5 Å². The molecule has 4 aromatic rings. The summed E-state index contributed by atoms with van der Waals surface area (Å²) in [5.41, 5.74) is 2.13. The fraction of sp³-hybridized carbons (Fsp3) is 0.0833. The van der Waals surface area contributed by atoms with Crippen LogP contribution in [-0.2, 0) is 11.3 Å². The molecule has 0 aliphatic carbocycles. The van der Waals surface area contributed by atoms with Crippen LogP contribution in [0.3, 0.4) is 0 Å². The molecule has 2 amide bonds. The van der Waals surface area contributed by atoms with Gasteiger partial charge in [-0.05, 0) is 42.5 Å². The van der Waals surface area contributed by atoms with E-state index in [1.165, 1.54) is 25.1 Å². The Labute approximate surface area is 187 Å². The number of nitro benzene ring substituents is 1. The molecule has 0 saturated carbocycles. The third-order valence-corrected chi connectivity index (χ3v) is 5.08. The summed E-state index contributed by atoms with van der Waals surface area (Å²) in [4.78, 5) is 35.0. The number of non-ortho nitro benzene ring substituents is 1. The zero-order valence-corrected chi connectivity index (χ0v) is 17.5. The lowest BCUT2D eigenvalue weighted by Gasteiger charge is -2.12.